The van der Waals surface area contributed by atoms with E-state index in [2.05, 4.69) is 6.92 Å². The van der Waals surface area contributed by atoms with Crippen molar-refractivity contribution in [2.75, 3.05) is 6.54 Å². The first-order valence-electron chi connectivity index (χ1n) is 10.6. The molecule has 3 nitrogen and oxygen atoms in total. The van der Waals surface area contributed by atoms with E-state index in [-0.39, 0.29) is 11.8 Å². The minimum absolute atomic E-state index is 0.0425. The van der Waals surface area contributed by atoms with Crippen LogP contribution >= 0.6 is 0 Å². The number of carbonyl (C=O) groups excluding carboxylic acids is 2. The van der Waals surface area contributed by atoms with Crippen LogP contribution in [0.4, 0.5) is 0 Å². The van der Waals surface area contributed by atoms with E-state index in [1.165, 1.54) is 75.5 Å². The third-order valence-corrected chi connectivity index (χ3v) is 5.12. The van der Waals surface area contributed by atoms with Crippen LogP contribution in [0.5, 0.6) is 0 Å². The SMILES string of the molecule is CCCCCCCCCCCCCCCC(=O)N1CCCCC1=O. The zero-order valence-electron chi connectivity index (χ0n) is 16.0. The van der Waals surface area contributed by atoms with Crippen molar-refractivity contribution < 1.29 is 9.59 Å². The van der Waals surface area contributed by atoms with Gasteiger partial charge in [-0.3, -0.25) is 14.5 Å². The summed E-state index contributed by atoms with van der Waals surface area (Å²) in [5, 5.41) is 0. The summed E-state index contributed by atoms with van der Waals surface area (Å²) in [5.74, 6) is 0.101. The maximum Gasteiger partial charge on any atom is 0.229 e. The molecule has 0 radical (unpaired) electrons. The van der Waals surface area contributed by atoms with Crippen LogP contribution in [0, 0.1) is 0 Å². The molecule has 0 bridgehead atoms. The summed E-state index contributed by atoms with van der Waals surface area (Å²) in [5.41, 5.74) is 0. The smallest absolute Gasteiger partial charge is 0.229 e. The van der Waals surface area contributed by atoms with Gasteiger partial charge in [-0.05, 0) is 19.3 Å². The molecule has 1 heterocycles. The molecule has 0 aromatic heterocycles. The zero-order chi connectivity index (χ0) is 17.5. The summed E-state index contributed by atoms with van der Waals surface area (Å²) in [6.45, 7) is 2.92. The minimum Gasteiger partial charge on any atom is -0.283 e. The standard InChI is InChI=1S/C21H39NO2/c1-2-3-4-5-6-7-8-9-10-11-12-13-14-17-20(23)22-19-16-15-18-21(22)24/h2-19H2,1H3. The number of likely N-dealkylation sites (tertiary alicyclic amines) is 1. The van der Waals surface area contributed by atoms with E-state index in [1.54, 1.807) is 0 Å². The fourth-order valence-corrected chi connectivity index (χ4v) is 3.50. The Hall–Kier alpha value is -0.860. The molecular formula is C21H39NO2. The van der Waals surface area contributed by atoms with Crippen molar-refractivity contribution in [3.05, 3.63) is 0 Å². The van der Waals surface area contributed by atoms with Crippen molar-refractivity contribution >= 4 is 11.8 Å². The molecule has 1 aliphatic rings. The first-order valence-corrected chi connectivity index (χ1v) is 10.6. The molecule has 0 aromatic carbocycles. The Morgan fingerprint density at radius 2 is 1.29 bits per heavy atom. The van der Waals surface area contributed by atoms with E-state index in [4.69, 9.17) is 0 Å². The molecule has 0 spiro atoms. The van der Waals surface area contributed by atoms with Crippen molar-refractivity contribution in [2.45, 2.75) is 116 Å². The van der Waals surface area contributed by atoms with Gasteiger partial charge >= 0.3 is 0 Å². The quantitative estimate of drug-likeness (QED) is 0.364. The summed E-state index contributed by atoms with van der Waals surface area (Å²) in [6, 6.07) is 0. The average Bonchev–Trinajstić information content (AvgIpc) is 2.59. The average molecular weight is 338 g/mol. The lowest BCUT2D eigenvalue weighted by Crippen LogP contribution is -2.40. The van der Waals surface area contributed by atoms with E-state index in [0.717, 1.165) is 25.7 Å². The number of piperidine rings is 1. The number of unbranched alkanes of at least 4 members (excludes halogenated alkanes) is 12. The second-order valence-corrected chi connectivity index (χ2v) is 7.39. The Balaban J connectivity index is 1.83. The number of rotatable bonds is 14. The van der Waals surface area contributed by atoms with Crippen molar-refractivity contribution in [1.29, 1.82) is 0 Å². The van der Waals surface area contributed by atoms with Crippen molar-refractivity contribution in [3.8, 4) is 0 Å². The first kappa shape index (κ1) is 21.2. The number of nitrogens with zero attached hydrogens (tertiary/aromatic N) is 1. The summed E-state index contributed by atoms with van der Waals surface area (Å²) in [4.78, 5) is 25.2. The maximum absolute atomic E-state index is 12.0. The lowest BCUT2D eigenvalue weighted by molar-refractivity contribution is -0.146. The highest BCUT2D eigenvalue weighted by molar-refractivity contribution is 5.95. The van der Waals surface area contributed by atoms with Gasteiger partial charge in [0.25, 0.3) is 0 Å². The van der Waals surface area contributed by atoms with Crippen LogP contribution in [0.15, 0.2) is 0 Å². The van der Waals surface area contributed by atoms with Crippen LogP contribution in [-0.4, -0.2) is 23.3 Å². The number of amides is 2. The summed E-state index contributed by atoms with van der Waals surface area (Å²) in [6.07, 6.45) is 20.1. The molecule has 1 rings (SSSR count). The van der Waals surface area contributed by atoms with Gasteiger partial charge in [-0.15, -0.1) is 0 Å². The molecule has 0 aliphatic carbocycles. The molecule has 24 heavy (non-hydrogen) atoms. The largest absolute Gasteiger partial charge is 0.283 e. The maximum atomic E-state index is 12.0. The molecule has 0 N–H and O–H groups in total. The Kier molecular flexibility index (Phi) is 12.8. The Labute approximate surface area is 149 Å². The molecule has 1 saturated heterocycles. The van der Waals surface area contributed by atoms with Gasteiger partial charge in [-0.1, -0.05) is 84.0 Å². The van der Waals surface area contributed by atoms with Gasteiger partial charge in [0.2, 0.25) is 11.8 Å². The monoisotopic (exact) mass is 337 g/mol. The van der Waals surface area contributed by atoms with Gasteiger partial charge in [0, 0.05) is 19.4 Å². The predicted octanol–water partition coefficient (Wildman–Crippen LogP) is 6.01. The predicted molar refractivity (Wildman–Crippen MR) is 101 cm³/mol. The van der Waals surface area contributed by atoms with Crippen LogP contribution in [0.1, 0.15) is 116 Å². The second-order valence-electron chi connectivity index (χ2n) is 7.39. The van der Waals surface area contributed by atoms with Gasteiger partial charge < -0.3 is 0 Å². The van der Waals surface area contributed by atoms with E-state index in [1.807, 2.05) is 0 Å². The molecule has 140 valence electrons. The highest BCUT2D eigenvalue weighted by Gasteiger charge is 2.23. The molecule has 0 unspecified atom stereocenters. The minimum atomic E-state index is 0.0425. The van der Waals surface area contributed by atoms with Crippen LogP contribution in [0.25, 0.3) is 0 Å². The second kappa shape index (κ2) is 14.5. The third-order valence-electron chi connectivity index (χ3n) is 5.12. The van der Waals surface area contributed by atoms with Gasteiger partial charge in [0.15, 0.2) is 0 Å². The van der Waals surface area contributed by atoms with Crippen LogP contribution in [-0.2, 0) is 9.59 Å². The molecule has 0 aromatic rings. The Morgan fingerprint density at radius 1 is 0.792 bits per heavy atom. The van der Waals surface area contributed by atoms with Crippen molar-refractivity contribution in [2.24, 2.45) is 0 Å². The van der Waals surface area contributed by atoms with Crippen LogP contribution in [0.3, 0.4) is 0 Å². The highest BCUT2D eigenvalue weighted by Crippen LogP contribution is 2.15. The van der Waals surface area contributed by atoms with Gasteiger partial charge in [0.05, 0.1) is 0 Å². The number of hydrogen-bond donors (Lipinski definition) is 0. The van der Waals surface area contributed by atoms with E-state index in [9.17, 15) is 9.59 Å². The van der Waals surface area contributed by atoms with E-state index < -0.39 is 0 Å². The molecule has 1 fully saturated rings. The van der Waals surface area contributed by atoms with E-state index in [0.29, 0.717) is 19.4 Å². The van der Waals surface area contributed by atoms with Gasteiger partial charge in [-0.2, -0.15) is 0 Å². The van der Waals surface area contributed by atoms with Crippen molar-refractivity contribution in [1.82, 2.24) is 4.90 Å². The fourth-order valence-electron chi connectivity index (χ4n) is 3.50. The van der Waals surface area contributed by atoms with Gasteiger partial charge in [-0.25, -0.2) is 0 Å². The summed E-state index contributed by atoms with van der Waals surface area (Å²) >= 11 is 0. The van der Waals surface area contributed by atoms with E-state index >= 15 is 0 Å². The fraction of sp³-hybridized carbons (Fsp3) is 0.905. The Bertz CT molecular complexity index is 341. The van der Waals surface area contributed by atoms with Crippen LogP contribution in [0.2, 0.25) is 0 Å². The molecular weight excluding hydrogens is 298 g/mol. The number of imide groups is 1. The normalized spacial score (nSPS) is 15.0. The first-order chi connectivity index (χ1) is 11.8. The van der Waals surface area contributed by atoms with Crippen LogP contribution < -0.4 is 0 Å². The molecule has 0 atom stereocenters. The molecule has 2 amide bonds. The zero-order valence-corrected chi connectivity index (χ0v) is 16.0. The summed E-state index contributed by atoms with van der Waals surface area (Å²) in [7, 11) is 0. The molecule has 0 saturated carbocycles. The Morgan fingerprint density at radius 3 is 1.79 bits per heavy atom. The summed E-state index contributed by atoms with van der Waals surface area (Å²) < 4.78 is 0. The molecule has 3 heteroatoms. The van der Waals surface area contributed by atoms with Crippen molar-refractivity contribution in [3.63, 3.8) is 0 Å². The lowest BCUT2D eigenvalue weighted by Gasteiger charge is -2.24. The molecule has 1 aliphatic heterocycles. The highest BCUT2D eigenvalue weighted by atomic mass is 16.2. The topological polar surface area (TPSA) is 37.4 Å². The number of carbonyl (C=O) groups is 2. The number of hydrogen-bond acceptors (Lipinski definition) is 2. The lowest BCUT2D eigenvalue weighted by atomic mass is 10.0. The van der Waals surface area contributed by atoms with Gasteiger partial charge in [0.1, 0.15) is 0 Å². The third kappa shape index (κ3) is 10.1.